The Bertz CT molecular complexity index is 678. The average molecular weight is 299 g/mol. The van der Waals surface area contributed by atoms with E-state index in [0.29, 0.717) is 19.4 Å². The number of carboxylic acids is 1. The maximum atomic E-state index is 12.4. The van der Waals surface area contributed by atoms with Crippen molar-refractivity contribution in [3.8, 4) is 0 Å². The van der Waals surface area contributed by atoms with Crippen LogP contribution in [0.1, 0.15) is 23.3 Å². The molecule has 0 fully saturated rings. The molecule has 1 aromatic carbocycles. The summed E-state index contributed by atoms with van der Waals surface area (Å²) in [6, 6.07) is 10.5. The first kappa shape index (κ1) is 14.4. The van der Waals surface area contributed by atoms with E-state index in [0.717, 1.165) is 16.9 Å². The van der Waals surface area contributed by atoms with Crippen LogP contribution >= 0.6 is 0 Å². The largest absolute Gasteiger partial charge is 0.480 e. The number of aliphatic carboxylic acids is 1. The van der Waals surface area contributed by atoms with Gasteiger partial charge in [-0.2, -0.15) is 0 Å². The summed E-state index contributed by atoms with van der Waals surface area (Å²) in [7, 11) is 0. The third kappa shape index (κ3) is 2.88. The molecule has 0 bridgehead atoms. The molecule has 1 aliphatic heterocycles. The number of furan rings is 1. The first-order valence-electron chi connectivity index (χ1n) is 7.26. The molecular formula is C17H17NO4. The van der Waals surface area contributed by atoms with Gasteiger partial charge < -0.3 is 14.4 Å². The molecule has 0 unspecified atom stereocenters. The van der Waals surface area contributed by atoms with Crippen LogP contribution in [-0.4, -0.2) is 27.9 Å². The van der Waals surface area contributed by atoms with Crippen LogP contribution in [0.25, 0.3) is 0 Å². The molecule has 5 nitrogen and oxygen atoms in total. The van der Waals surface area contributed by atoms with Crippen molar-refractivity contribution in [2.75, 3.05) is 0 Å². The smallest absolute Gasteiger partial charge is 0.326 e. The number of nitrogens with zero attached hydrogens (tertiary/aromatic N) is 1. The van der Waals surface area contributed by atoms with Crippen LogP contribution in [0.15, 0.2) is 47.1 Å². The van der Waals surface area contributed by atoms with Gasteiger partial charge in [-0.05, 0) is 23.3 Å². The molecule has 2 aromatic rings. The maximum Gasteiger partial charge on any atom is 0.326 e. The number of carboxylic acid groups (broad SMARTS) is 1. The highest BCUT2D eigenvalue weighted by Crippen LogP contribution is 2.24. The third-order valence-corrected chi connectivity index (χ3v) is 4.02. The van der Waals surface area contributed by atoms with Gasteiger partial charge in [-0.3, -0.25) is 4.79 Å². The zero-order valence-corrected chi connectivity index (χ0v) is 12.1. The molecule has 1 aliphatic rings. The highest BCUT2D eigenvalue weighted by Gasteiger charge is 2.34. The molecular weight excluding hydrogens is 282 g/mol. The minimum absolute atomic E-state index is 0.154. The van der Waals surface area contributed by atoms with E-state index in [2.05, 4.69) is 0 Å². The second-order valence-electron chi connectivity index (χ2n) is 5.43. The molecule has 2 heterocycles. The zero-order chi connectivity index (χ0) is 15.5. The number of carbonyl (C=O) groups is 2. The Balaban J connectivity index is 1.75. The van der Waals surface area contributed by atoms with Gasteiger partial charge in [0.15, 0.2) is 0 Å². The van der Waals surface area contributed by atoms with Gasteiger partial charge in [0, 0.05) is 25.8 Å². The summed E-state index contributed by atoms with van der Waals surface area (Å²) in [4.78, 5) is 25.4. The van der Waals surface area contributed by atoms with Crippen molar-refractivity contribution in [3.63, 3.8) is 0 Å². The molecule has 1 atom stereocenters. The Morgan fingerprint density at radius 1 is 1.18 bits per heavy atom. The number of rotatable bonds is 4. The molecule has 5 heteroatoms. The van der Waals surface area contributed by atoms with Crippen LogP contribution in [0.2, 0.25) is 0 Å². The Morgan fingerprint density at radius 2 is 1.95 bits per heavy atom. The highest BCUT2D eigenvalue weighted by molar-refractivity contribution is 5.84. The molecule has 22 heavy (non-hydrogen) atoms. The number of fused-ring (bicyclic) bond motifs is 1. The number of aryl methyl sites for hydroxylation is 1. The normalized spacial score (nSPS) is 17.1. The van der Waals surface area contributed by atoms with Gasteiger partial charge in [0.05, 0.1) is 6.26 Å². The lowest BCUT2D eigenvalue weighted by atomic mass is 9.93. The first-order chi connectivity index (χ1) is 10.6. The van der Waals surface area contributed by atoms with E-state index in [1.807, 2.05) is 30.3 Å². The SMILES string of the molecule is O=C(O)[C@@H]1Cc2ccccc2CN1C(=O)CCc1ccco1. The predicted octanol–water partition coefficient (Wildman–Crippen LogP) is 2.25. The van der Waals surface area contributed by atoms with E-state index in [9.17, 15) is 14.7 Å². The van der Waals surface area contributed by atoms with Gasteiger partial charge in [-0.25, -0.2) is 4.79 Å². The van der Waals surface area contributed by atoms with Crippen molar-refractivity contribution in [1.82, 2.24) is 4.90 Å². The van der Waals surface area contributed by atoms with Gasteiger partial charge in [0.25, 0.3) is 0 Å². The summed E-state index contributed by atoms with van der Waals surface area (Å²) in [5.41, 5.74) is 2.02. The number of carbonyl (C=O) groups excluding carboxylic acids is 1. The van der Waals surface area contributed by atoms with Crippen LogP contribution in [0.4, 0.5) is 0 Å². The van der Waals surface area contributed by atoms with Gasteiger partial charge in [0.2, 0.25) is 5.91 Å². The van der Waals surface area contributed by atoms with E-state index >= 15 is 0 Å². The highest BCUT2D eigenvalue weighted by atomic mass is 16.4. The van der Waals surface area contributed by atoms with Crippen molar-refractivity contribution >= 4 is 11.9 Å². The average Bonchev–Trinajstić information content (AvgIpc) is 3.04. The first-order valence-corrected chi connectivity index (χ1v) is 7.26. The monoisotopic (exact) mass is 299 g/mol. The van der Waals surface area contributed by atoms with Gasteiger partial charge >= 0.3 is 5.97 Å². The van der Waals surface area contributed by atoms with Crippen molar-refractivity contribution in [1.29, 1.82) is 0 Å². The standard InChI is InChI=1S/C17H17NO4/c19-16(8-7-14-6-3-9-22-14)18-11-13-5-2-1-4-12(13)10-15(18)17(20)21/h1-6,9,15H,7-8,10-11H2,(H,20,21)/t15-/m0/s1. The molecule has 0 saturated carbocycles. The quantitative estimate of drug-likeness (QED) is 0.940. The van der Waals surface area contributed by atoms with Gasteiger partial charge in [0.1, 0.15) is 11.8 Å². The molecule has 114 valence electrons. The molecule has 0 aliphatic carbocycles. The summed E-state index contributed by atoms with van der Waals surface area (Å²) in [5.74, 6) is -0.378. The van der Waals surface area contributed by atoms with Gasteiger partial charge in [-0.15, -0.1) is 0 Å². The second-order valence-corrected chi connectivity index (χ2v) is 5.43. The zero-order valence-electron chi connectivity index (χ0n) is 12.1. The molecule has 0 radical (unpaired) electrons. The fourth-order valence-corrected chi connectivity index (χ4v) is 2.83. The van der Waals surface area contributed by atoms with Crippen LogP contribution in [0.5, 0.6) is 0 Å². The van der Waals surface area contributed by atoms with Crippen LogP contribution in [0.3, 0.4) is 0 Å². The summed E-state index contributed by atoms with van der Waals surface area (Å²) in [5, 5.41) is 9.42. The van der Waals surface area contributed by atoms with E-state index in [-0.39, 0.29) is 12.3 Å². The minimum Gasteiger partial charge on any atom is -0.480 e. The van der Waals surface area contributed by atoms with E-state index < -0.39 is 12.0 Å². The van der Waals surface area contributed by atoms with Gasteiger partial charge in [-0.1, -0.05) is 24.3 Å². The molecule has 0 saturated heterocycles. The fraction of sp³-hybridized carbons (Fsp3) is 0.294. The van der Waals surface area contributed by atoms with Crippen LogP contribution < -0.4 is 0 Å². The number of hydrogen-bond donors (Lipinski definition) is 1. The third-order valence-electron chi connectivity index (χ3n) is 4.02. The van der Waals surface area contributed by atoms with Crippen molar-refractivity contribution < 1.29 is 19.1 Å². The molecule has 3 rings (SSSR count). The molecule has 1 aromatic heterocycles. The second kappa shape index (κ2) is 6.05. The van der Waals surface area contributed by atoms with Crippen molar-refractivity contribution in [2.45, 2.75) is 31.8 Å². The molecule has 1 N–H and O–H groups in total. The van der Waals surface area contributed by atoms with E-state index in [1.54, 1.807) is 12.3 Å². The van der Waals surface area contributed by atoms with Crippen molar-refractivity contribution in [3.05, 3.63) is 59.5 Å². The fourth-order valence-electron chi connectivity index (χ4n) is 2.83. The van der Waals surface area contributed by atoms with Crippen molar-refractivity contribution in [2.24, 2.45) is 0 Å². The molecule has 0 spiro atoms. The maximum absolute atomic E-state index is 12.4. The predicted molar refractivity (Wildman–Crippen MR) is 79.1 cm³/mol. The van der Waals surface area contributed by atoms with Crippen LogP contribution in [-0.2, 0) is 29.0 Å². The Labute approximate surface area is 128 Å². The lowest BCUT2D eigenvalue weighted by Crippen LogP contribution is -2.48. The summed E-state index contributed by atoms with van der Waals surface area (Å²) >= 11 is 0. The van der Waals surface area contributed by atoms with E-state index in [1.165, 1.54) is 4.90 Å². The Morgan fingerprint density at radius 3 is 2.64 bits per heavy atom. The number of hydrogen-bond acceptors (Lipinski definition) is 3. The summed E-state index contributed by atoms with van der Waals surface area (Å²) in [6.07, 6.45) is 2.66. The lowest BCUT2D eigenvalue weighted by Gasteiger charge is -2.34. The Kier molecular flexibility index (Phi) is 3.96. The molecule has 1 amide bonds. The van der Waals surface area contributed by atoms with E-state index in [4.69, 9.17) is 4.42 Å². The number of benzene rings is 1. The lowest BCUT2D eigenvalue weighted by molar-refractivity contribution is -0.151. The topological polar surface area (TPSA) is 70.8 Å². The number of amides is 1. The minimum atomic E-state index is -0.958. The summed E-state index contributed by atoms with van der Waals surface area (Å²) in [6.45, 7) is 0.351. The van der Waals surface area contributed by atoms with Crippen LogP contribution in [0, 0.1) is 0 Å². The Hall–Kier alpha value is -2.56. The summed E-state index contributed by atoms with van der Waals surface area (Å²) < 4.78 is 5.21.